The highest BCUT2D eigenvalue weighted by Crippen LogP contribution is 1.96. The second-order valence-corrected chi connectivity index (χ2v) is 1.74. The standard InChI is InChI=1S/C4H6N4O2.H2O/c5-1-2(6)7-4(10)8-3(1)9;/h5H2,(H4,6,7,8,9,10);1H2. The molecule has 1 rings (SSSR count). The van der Waals surface area contributed by atoms with E-state index in [-0.39, 0.29) is 17.0 Å². The van der Waals surface area contributed by atoms with Crippen molar-refractivity contribution in [2.75, 3.05) is 11.5 Å². The Morgan fingerprint density at radius 1 is 1.09 bits per heavy atom. The van der Waals surface area contributed by atoms with Crippen LogP contribution in [0.5, 0.6) is 0 Å². The van der Waals surface area contributed by atoms with Gasteiger partial charge in [-0.25, -0.2) is 4.79 Å². The molecule has 1 aromatic rings. The van der Waals surface area contributed by atoms with Crippen molar-refractivity contribution in [3.8, 4) is 0 Å². The minimum atomic E-state index is -0.666. The Bertz CT molecular complexity index is 351. The lowest BCUT2D eigenvalue weighted by Gasteiger charge is -1.93. The molecule has 0 saturated heterocycles. The van der Waals surface area contributed by atoms with Crippen molar-refractivity contribution in [2.45, 2.75) is 0 Å². The van der Waals surface area contributed by atoms with Crippen molar-refractivity contribution in [2.24, 2.45) is 0 Å². The lowest BCUT2D eigenvalue weighted by atomic mass is 10.5. The average Bonchev–Trinajstić information content (AvgIpc) is 1.82. The van der Waals surface area contributed by atoms with Crippen LogP contribution in [0.25, 0.3) is 0 Å². The Kier molecular flexibility index (Phi) is 2.42. The third kappa shape index (κ3) is 1.58. The van der Waals surface area contributed by atoms with Crippen molar-refractivity contribution in [3.63, 3.8) is 0 Å². The summed E-state index contributed by atoms with van der Waals surface area (Å²) in [6, 6.07) is 0. The minimum Gasteiger partial charge on any atom is -0.412 e. The molecule has 1 aromatic heterocycles. The lowest BCUT2D eigenvalue weighted by Crippen LogP contribution is -2.26. The molecule has 1 heterocycles. The molecular formula is C4H8N4O3. The van der Waals surface area contributed by atoms with Crippen LogP contribution in [0.3, 0.4) is 0 Å². The van der Waals surface area contributed by atoms with Crippen LogP contribution in [-0.2, 0) is 0 Å². The summed E-state index contributed by atoms with van der Waals surface area (Å²) in [7, 11) is 0. The molecule has 0 aliphatic heterocycles. The molecule has 0 unspecified atom stereocenters. The van der Waals surface area contributed by atoms with Crippen LogP contribution in [-0.4, -0.2) is 15.4 Å². The van der Waals surface area contributed by atoms with Crippen LogP contribution in [0.1, 0.15) is 0 Å². The largest absolute Gasteiger partial charge is 0.412 e. The molecule has 11 heavy (non-hydrogen) atoms. The molecule has 8 N–H and O–H groups in total. The van der Waals surface area contributed by atoms with Gasteiger partial charge in [0.05, 0.1) is 0 Å². The molecule has 0 amide bonds. The van der Waals surface area contributed by atoms with Gasteiger partial charge in [0.1, 0.15) is 11.5 Å². The van der Waals surface area contributed by atoms with Crippen molar-refractivity contribution >= 4 is 11.5 Å². The number of rotatable bonds is 0. The van der Waals surface area contributed by atoms with Crippen LogP contribution >= 0.6 is 0 Å². The van der Waals surface area contributed by atoms with E-state index >= 15 is 0 Å². The fourth-order valence-corrected chi connectivity index (χ4v) is 0.514. The highest BCUT2D eigenvalue weighted by atomic mass is 16.2. The fraction of sp³-hybridized carbons (Fsp3) is 0. The summed E-state index contributed by atoms with van der Waals surface area (Å²) in [5.41, 5.74) is 8.74. The number of aromatic nitrogens is 2. The quantitative estimate of drug-likeness (QED) is 0.329. The molecule has 0 fully saturated rings. The second-order valence-electron chi connectivity index (χ2n) is 1.74. The summed E-state index contributed by atoms with van der Waals surface area (Å²) in [6.45, 7) is 0. The van der Waals surface area contributed by atoms with Gasteiger partial charge in [-0.1, -0.05) is 0 Å². The molecule has 0 spiro atoms. The summed E-state index contributed by atoms with van der Waals surface area (Å²) in [4.78, 5) is 25.0. The first-order valence-corrected chi connectivity index (χ1v) is 2.49. The lowest BCUT2D eigenvalue weighted by molar-refractivity contribution is 0.824. The number of nitrogens with two attached hydrogens (primary N) is 2. The zero-order valence-corrected chi connectivity index (χ0v) is 5.47. The van der Waals surface area contributed by atoms with E-state index in [1.165, 1.54) is 0 Å². The van der Waals surface area contributed by atoms with Gasteiger partial charge in [-0.2, -0.15) is 0 Å². The number of nitrogens with one attached hydrogen (secondary N) is 2. The van der Waals surface area contributed by atoms with E-state index in [0.29, 0.717) is 0 Å². The van der Waals surface area contributed by atoms with Crippen LogP contribution in [0.4, 0.5) is 11.5 Å². The maximum atomic E-state index is 10.6. The second kappa shape index (κ2) is 2.88. The van der Waals surface area contributed by atoms with E-state index < -0.39 is 11.2 Å². The average molecular weight is 160 g/mol. The van der Waals surface area contributed by atoms with Gasteiger partial charge in [0.2, 0.25) is 0 Å². The molecule has 0 atom stereocenters. The third-order valence-corrected chi connectivity index (χ3v) is 1.01. The van der Waals surface area contributed by atoms with Crippen LogP contribution < -0.4 is 22.7 Å². The number of aromatic amines is 2. The van der Waals surface area contributed by atoms with Gasteiger partial charge in [0, 0.05) is 0 Å². The monoisotopic (exact) mass is 160 g/mol. The summed E-state index contributed by atoms with van der Waals surface area (Å²) in [5.74, 6) is -0.103. The molecule has 0 aliphatic carbocycles. The van der Waals surface area contributed by atoms with Gasteiger partial charge in [-0.3, -0.25) is 14.8 Å². The number of hydrogen-bond donors (Lipinski definition) is 4. The van der Waals surface area contributed by atoms with Crippen molar-refractivity contribution in [3.05, 3.63) is 20.8 Å². The first kappa shape index (κ1) is 9.24. The molecule has 7 nitrogen and oxygen atoms in total. The predicted molar refractivity (Wildman–Crippen MR) is 40.1 cm³/mol. The Labute approximate surface area is 60.4 Å². The highest BCUT2D eigenvalue weighted by Gasteiger charge is 1.98. The Hall–Kier alpha value is -1.76. The van der Waals surface area contributed by atoms with Crippen molar-refractivity contribution in [1.29, 1.82) is 0 Å². The molecular weight excluding hydrogens is 152 g/mol. The first-order chi connectivity index (χ1) is 4.61. The number of hydrogen-bond acceptors (Lipinski definition) is 4. The summed E-state index contributed by atoms with van der Waals surface area (Å²) < 4.78 is 0. The topological polar surface area (TPSA) is 149 Å². The van der Waals surface area contributed by atoms with Gasteiger partial charge < -0.3 is 16.9 Å². The third-order valence-electron chi connectivity index (χ3n) is 1.01. The Morgan fingerprint density at radius 3 is 2.09 bits per heavy atom. The first-order valence-electron chi connectivity index (χ1n) is 2.49. The maximum Gasteiger partial charge on any atom is 0.327 e. The Morgan fingerprint density at radius 2 is 1.64 bits per heavy atom. The van der Waals surface area contributed by atoms with Gasteiger partial charge in [-0.05, 0) is 0 Å². The number of nitrogen functional groups attached to an aromatic ring is 2. The van der Waals surface area contributed by atoms with Crippen molar-refractivity contribution < 1.29 is 5.48 Å². The molecule has 62 valence electrons. The Balaban J connectivity index is 0.000001000. The SMILES string of the molecule is Nc1[nH]c(=O)[nH]c(=O)c1N.O. The molecule has 0 aromatic carbocycles. The molecule has 0 aliphatic rings. The van der Waals surface area contributed by atoms with Crippen LogP contribution in [0.2, 0.25) is 0 Å². The predicted octanol–water partition coefficient (Wildman–Crippen LogP) is -2.60. The molecule has 7 heteroatoms. The van der Waals surface area contributed by atoms with E-state index in [1.807, 2.05) is 4.98 Å². The van der Waals surface area contributed by atoms with Gasteiger partial charge in [0.25, 0.3) is 5.56 Å². The van der Waals surface area contributed by atoms with E-state index in [1.54, 1.807) is 0 Å². The smallest absolute Gasteiger partial charge is 0.327 e. The number of anilines is 2. The van der Waals surface area contributed by atoms with E-state index in [2.05, 4.69) is 4.98 Å². The van der Waals surface area contributed by atoms with Crippen LogP contribution in [0.15, 0.2) is 9.59 Å². The van der Waals surface area contributed by atoms with Crippen molar-refractivity contribution in [1.82, 2.24) is 9.97 Å². The fourth-order valence-electron chi connectivity index (χ4n) is 0.514. The highest BCUT2D eigenvalue weighted by molar-refractivity contribution is 5.55. The van der Waals surface area contributed by atoms with E-state index in [0.717, 1.165) is 0 Å². The zero-order chi connectivity index (χ0) is 7.72. The number of H-pyrrole nitrogens is 2. The zero-order valence-electron chi connectivity index (χ0n) is 5.47. The molecule has 0 saturated carbocycles. The van der Waals surface area contributed by atoms with E-state index in [9.17, 15) is 9.59 Å². The summed E-state index contributed by atoms with van der Waals surface area (Å²) in [5, 5.41) is 0. The molecule has 0 bridgehead atoms. The minimum absolute atomic E-state index is 0. The molecule has 0 radical (unpaired) electrons. The maximum absolute atomic E-state index is 10.6. The van der Waals surface area contributed by atoms with Gasteiger partial charge >= 0.3 is 5.69 Å². The van der Waals surface area contributed by atoms with Crippen LogP contribution in [0, 0.1) is 0 Å². The van der Waals surface area contributed by atoms with E-state index in [4.69, 9.17) is 11.5 Å². The normalized spacial score (nSPS) is 8.73. The summed E-state index contributed by atoms with van der Waals surface area (Å²) in [6.07, 6.45) is 0. The van der Waals surface area contributed by atoms with Gasteiger partial charge in [0.15, 0.2) is 0 Å². The van der Waals surface area contributed by atoms with Gasteiger partial charge in [-0.15, -0.1) is 0 Å². The summed E-state index contributed by atoms with van der Waals surface area (Å²) >= 11 is 0.